The summed E-state index contributed by atoms with van der Waals surface area (Å²) in [5.41, 5.74) is 1.10. The number of aromatic hydroxyl groups is 1. The summed E-state index contributed by atoms with van der Waals surface area (Å²) in [4.78, 5) is 2.27. The van der Waals surface area contributed by atoms with Crippen LogP contribution >= 0.6 is 0 Å². The summed E-state index contributed by atoms with van der Waals surface area (Å²) >= 11 is 0. The molecule has 0 saturated heterocycles. The second-order valence-electron chi connectivity index (χ2n) is 4.24. The van der Waals surface area contributed by atoms with E-state index in [-0.39, 0.29) is 12.6 Å². The molecule has 0 aliphatic rings. The normalized spacial score (nSPS) is 12.9. The highest BCUT2D eigenvalue weighted by atomic mass is 16.5. The Balaban J connectivity index is 2.53. The van der Waals surface area contributed by atoms with Crippen molar-refractivity contribution in [2.45, 2.75) is 19.9 Å². The summed E-state index contributed by atoms with van der Waals surface area (Å²) in [5.74, 6) is 0.298. The van der Waals surface area contributed by atoms with E-state index in [9.17, 15) is 5.11 Å². The molecule has 0 saturated carbocycles. The van der Waals surface area contributed by atoms with Gasteiger partial charge in [0, 0.05) is 12.6 Å². The summed E-state index contributed by atoms with van der Waals surface area (Å²) in [6.45, 7) is 7.01. The number of rotatable bonds is 8. The molecule has 0 heterocycles. The van der Waals surface area contributed by atoms with Crippen LogP contribution in [0, 0.1) is 0 Å². The predicted molar refractivity (Wildman–Crippen MR) is 71.7 cm³/mol. The average Bonchev–Trinajstić information content (AvgIpc) is 2.38. The van der Waals surface area contributed by atoms with Crippen molar-refractivity contribution in [3.8, 4) is 5.75 Å². The van der Waals surface area contributed by atoms with Crippen LogP contribution < -0.4 is 0 Å². The van der Waals surface area contributed by atoms with Crippen molar-refractivity contribution in [1.29, 1.82) is 0 Å². The molecule has 102 valence electrons. The van der Waals surface area contributed by atoms with Crippen molar-refractivity contribution >= 4 is 0 Å². The van der Waals surface area contributed by atoms with Crippen molar-refractivity contribution in [2.24, 2.45) is 0 Å². The molecule has 0 fully saturated rings. The molecule has 1 unspecified atom stereocenters. The summed E-state index contributed by atoms with van der Waals surface area (Å²) in [7, 11) is 0. The van der Waals surface area contributed by atoms with Gasteiger partial charge >= 0.3 is 0 Å². The highest BCUT2D eigenvalue weighted by Crippen LogP contribution is 2.22. The highest BCUT2D eigenvalue weighted by molar-refractivity contribution is 5.29. The third-order valence-electron chi connectivity index (χ3n) is 3.06. The molecule has 4 nitrogen and oxygen atoms in total. The van der Waals surface area contributed by atoms with Gasteiger partial charge in [0.1, 0.15) is 5.75 Å². The number of phenols is 1. The topological polar surface area (TPSA) is 52.9 Å². The molecular weight excluding hydrogens is 230 g/mol. The van der Waals surface area contributed by atoms with Gasteiger partial charge in [0.25, 0.3) is 0 Å². The SMILES string of the molecule is CCN(CCOCCO)C(C)c1cccc(O)c1. The van der Waals surface area contributed by atoms with E-state index in [2.05, 4.69) is 18.7 Å². The predicted octanol–water partition coefficient (Wildman–Crippen LogP) is 1.78. The smallest absolute Gasteiger partial charge is 0.115 e. The minimum Gasteiger partial charge on any atom is -0.508 e. The number of hydrogen-bond acceptors (Lipinski definition) is 4. The van der Waals surface area contributed by atoms with E-state index < -0.39 is 0 Å². The molecule has 2 N–H and O–H groups in total. The van der Waals surface area contributed by atoms with E-state index in [1.54, 1.807) is 12.1 Å². The zero-order valence-electron chi connectivity index (χ0n) is 11.2. The number of aliphatic hydroxyl groups excluding tert-OH is 1. The van der Waals surface area contributed by atoms with Crippen molar-refractivity contribution in [1.82, 2.24) is 4.90 Å². The van der Waals surface area contributed by atoms with E-state index in [0.29, 0.717) is 19.0 Å². The van der Waals surface area contributed by atoms with Crippen molar-refractivity contribution < 1.29 is 14.9 Å². The molecular formula is C14H23NO3. The standard InChI is InChI=1S/C14H23NO3/c1-3-15(7-9-18-10-8-16)12(2)13-5-4-6-14(17)11-13/h4-6,11-12,16-17H,3,7-10H2,1-2H3. The fourth-order valence-electron chi connectivity index (χ4n) is 1.97. The fourth-order valence-corrected chi connectivity index (χ4v) is 1.97. The highest BCUT2D eigenvalue weighted by Gasteiger charge is 2.14. The zero-order valence-corrected chi connectivity index (χ0v) is 11.2. The third kappa shape index (κ3) is 4.64. The van der Waals surface area contributed by atoms with E-state index >= 15 is 0 Å². The average molecular weight is 253 g/mol. The molecule has 4 heteroatoms. The van der Waals surface area contributed by atoms with Gasteiger partial charge in [0.05, 0.1) is 19.8 Å². The molecule has 1 rings (SSSR count). The van der Waals surface area contributed by atoms with Gasteiger partial charge in [-0.05, 0) is 31.2 Å². The third-order valence-corrected chi connectivity index (χ3v) is 3.06. The Morgan fingerprint density at radius 1 is 1.33 bits per heavy atom. The van der Waals surface area contributed by atoms with E-state index in [4.69, 9.17) is 9.84 Å². The number of hydrogen-bond donors (Lipinski definition) is 2. The number of benzene rings is 1. The summed E-state index contributed by atoms with van der Waals surface area (Å²) in [6.07, 6.45) is 0. The fraction of sp³-hybridized carbons (Fsp3) is 0.571. The van der Waals surface area contributed by atoms with Crippen LogP contribution in [0.25, 0.3) is 0 Å². The first kappa shape index (κ1) is 15.0. The number of phenolic OH excluding ortho intramolecular Hbond substituents is 1. The van der Waals surface area contributed by atoms with Crippen LogP contribution in [0.3, 0.4) is 0 Å². The molecule has 1 aromatic rings. The maximum absolute atomic E-state index is 9.49. The largest absolute Gasteiger partial charge is 0.508 e. The first-order valence-electron chi connectivity index (χ1n) is 6.40. The van der Waals surface area contributed by atoms with E-state index in [1.807, 2.05) is 12.1 Å². The van der Waals surface area contributed by atoms with Crippen molar-refractivity contribution in [3.05, 3.63) is 29.8 Å². The Morgan fingerprint density at radius 3 is 2.72 bits per heavy atom. The van der Waals surface area contributed by atoms with Crippen LogP contribution in [0.5, 0.6) is 5.75 Å². The molecule has 0 amide bonds. The molecule has 0 bridgehead atoms. The molecule has 0 aliphatic heterocycles. The number of ether oxygens (including phenoxy) is 1. The van der Waals surface area contributed by atoms with E-state index in [0.717, 1.165) is 18.7 Å². The monoisotopic (exact) mass is 253 g/mol. The maximum atomic E-state index is 9.49. The Hall–Kier alpha value is -1.10. The quantitative estimate of drug-likeness (QED) is 0.693. The lowest BCUT2D eigenvalue weighted by atomic mass is 10.1. The van der Waals surface area contributed by atoms with E-state index in [1.165, 1.54) is 0 Å². The molecule has 0 radical (unpaired) electrons. The summed E-state index contributed by atoms with van der Waals surface area (Å²) in [6, 6.07) is 7.58. The van der Waals surface area contributed by atoms with Crippen molar-refractivity contribution in [2.75, 3.05) is 32.9 Å². The number of nitrogens with zero attached hydrogens (tertiary/aromatic N) is 1. The molecule has 0 spiro atoms. The van der Waals surface area contributed by atoms with Gasteiger partial charge < -0.3 is 14.9 Å². The first-order valence-corrected chi connectivity index (χ1v) is 6.40. The van der Waals surface area contributed by atoms with Crippen LogP contribution in [0.15, 0.2) is 24.3 Å². The second-order valence-corrected chi connectivity index (χ2v) is 4.24. The molecule has 18 heavy (non-hydrogen) atoms. The van der Waals surface area contributed by atoms with Gasteiger partial charge in [-0.25, -0.2) is 0 Å². The van der Waals surface area contributed by atoms with Gasteiger partial charge in [0.2, 0.25) is 0 Å². The number of likely N-dealkylation sites (N-methyl/N-ethyl adjacent to an activating group) is 1. The maximum Gasteiger partial charge on any atom is 0.115 e. The van der Waals surface area contributed by atoms with Crippen LogP contribution in [0.4, 0.5) is 0 Å². The van der Waals surface area contributed by atoms with Crippen LogP contribution in [0.2, 0.25) is 0 Å². The Morgan fingerprint density at radius 2 is 2.11 bits per heavy atom. The second kappa shape index (κ2) is 8.08. The minimum atomic E-state index is 0.0637. The van der Waals surface area contributed by atoms with Gasteiger partial charge in [0.15, 0.2) is 0 Å². The van der Waals surface area contributed by atoms with Crippen molar-refractivity contribution in [3.63, 3.8) is 0 Å². The summed E-state index contributed by atoms with van der Waals surface area (Å²) < 4.78 is 5.28. The first-order chi connectivity index (χ1) is 8.69. The lowest BCUT2D eigenvalue weighted by molar-refractivity contribution is 0.0663. The lowest BCUT2D eigenvalue weighted by Gasteiger charge is -2.28. The number of aliphatic hydroxyl groups is 1. The van der Waals surface area contributed by atoms with Gasteiger partial charge in [-0.2, -0.15) is 0 Å². The Labute approximate surface area is 109 Å². The molecule has 0 aromatic heterocycles. The van der Waals surface area contributed by atoms with Crippen LogP contribution in [0.1, 0.15) is 25.5 Å². The zero-order chi connectivity index (χ0) is 13.4. The van der Waals surface area contributed by atoms with Crippen LogP contribution in [-0.2, 0) is 4.74 Å². The van der Waals surface area contributed by atoms with Crippen LogP contribution in [-0.4, -0.2) is 48.0 Å². The minimum absolute atomic E-state index is 0.0637. The molecule has 0 aliphatic carbocycles. The van der Waals surface area contributed by atoms with Gasteiger partial charge in [-0.3, -0.25) is 4.90 Å². The van der Waals surface area contributed by atoms with Gasteiger partial charge in [-0.15, -0.1) is 0 Å². The Bertz CT molecular complexity index is 344. The van der Waals surface area contributed by atoms with Gasteiger partial charge in [-0.1, -0.05) is 19.1 Å². The molecule has 1 atom stereocenters. The molecule has 1 aromatic carbocycles. The Kier molecular flexibility index (Phi) is 6.72. The summed E-state index contributed by atoms with van der Waals surface area (Å²) in [5, 5.41) is 18.1. The lowest BCUT2D eigenvalue weighted by Crippen LogP contribution is -2.30.